The molecule has 0 amide bonds. The van der Waals surface area contributed by atoms with Gasteiger partial charge in [0.15, 0.2) is 16.8 Å². The van der Waals surface area contributed by atoms with E-state index in [4.69, 9.17) is 0 Å². The summed E-state index contributed by atoms with van der Waals surface area (Å²) in [6.07, 6.45) is 0. The molecule has 0 aliphatic heterocycles. The van der Waals surface area contributed by atoms with E-state index in [1.807, 2.05) is 62.5 Å². The van der Waals surface area contributed by atoms with Crippen molar-refractivity contribution in [3.63, 3.8) is 0 Å². The number of Topliss-reactive ketones (excluding diaryl/α,β-unsaturated/α-hetero) is 1. The van der Waals surface area contributed by atoms with Crippen LogP contribution in [0.2, 0.25) is 0 Å². The number of thioether (sulfide) groups is 1. The molecule has 5 nitrogen and oxygen atoms in total. The van der Waals surface area contributed by atoms with Crippen LogP contribution in [0.25, 0.3) is 5.69 Å². The topological polar surface area (TPSA) is 51.0 Å². The number of aryl methyl sites for hydroxylation is 2. The molecule has 0 unspecified atom stereocenters. The summed E-state index contributed by atoms with van der Waals surface area (Å²) in [5, 5.41) is 9.30. The van der Waals surface area contributed by atoms with Gasteiger partial charge in [-0.05, 0) is 70.8 Å². The molecule has 0 aliphatic carbocycles. The first-order valence-electron chi connectivity index (χ1n) is 9.39. The van der Waals surface area contributed by atoms with E-state index in [9.17, 15) is 9.18 Å². The number of halogens is 1. The molecule has 1 atom stereocenters. The normalized spacial score (nSPS) is 12.4. The third kappa shape index (κ3) is 4.74. The van der Waals surface area contributed by atoms with Crippen LogP contribution in [0.15, 0.2) is 47.6 Å². The number of carbonyl (C=O) groups is 1. The molecule has 3 aromatic rings. The average molecular weight is 413 g/mol. The van der Waals surface area contributed by atoms with E-state index in [0.717, 1.165) is 28.2 Å². The second kappa shape index (κ2) is 8.88. The van der Waals surface area contributed by atoms with E-state index in [1.165, 1.54) is 23.9 Å². The second-order valence-electron chi connectivity index (χ2n) is 7.32. The Bertz CT molecular complexity index is 1010. The number of rotatable bonds is 7. The molecule has 0 radical (unpaired) electrons. The van der Waals surface area contributed by atoms with E-state index < -0.39 is 0 Å². The predicted octanol–water partition coefficient (Wildman–Crippen LogP) is 4.62. The van der Waals surface area contributed by atoms with E-state index in [0.29, 0.717) is 5.16 Å². The highest BCUT2D eigenvalue weighted by atomic mass is 32.2. The molecule has 1 heterocycles. The Morgan fingerprint density at radius 3 is 2.48 bits per heavy atom. The average Bonchev–Trinajstić information content (AvgIpc) is 3.11. The molecule has 0 N–H and O–H groups in total. The van der Waals surface area contributed by atoms with Gasteiger partial charge in [-0.1, -0.05) is 29.5 Å². The molecular formula is C22H25FN4OS. The standard InChI is InChI=1S/C22H25FN4OS/c1-14-6-7-15(2)19(12-14)20(28)13-29-22-25-24-21(16(3)26(4)5)27(22)18-10-8-17(23)9-11-18/h6-12,16H,13H2,1-5H3/t16-/m1/s1. The zero-order chi connectivity index (χ0) is 21.1. The Kier molecular flexibility index (Phi) is 6.49. The van der Waals surface area contributed by atoms with Crippen LogP contribution in [0.1, 0.15) is 40.3 Å². The molecule has 0 spiro atoms. The molecule has 2 aromatic carbocycles. The van der Waals surface area contributed by atoms with Crippen molar-refractivity contribution < 1.29 is 9.18 Å². The number of benzene rings is 2. The number of hydrogen-bond acceptors (Lipinski definition) is 5. The van der Waals surface area contributed by atoms with Gasteiger partial charge in [0.2, 0.25) is 0 Å². The van der Waals surface area contributed by atoms with Crippen molar-refractivity contribution in [2.75, 3.05) is 19.8 Å². The molecular weight excluding hydrogens is 387 g/mol. The third-order valence-electron chi connectivity index (χ3n) is 4.92. The summed E-state index contributed by atoms with van der Waals surface area (Å²) in [6.45, 7) is 5.94. The Morgan fingerprint density at radius 1 is 1.14 bits per heavy atom. The molecule has 7 heteroatoms. The number of hydrogen-bond donors (Lipinski definition) is 0. The minimum Gasteiger partial charge on any atom is -0.300 e. The summed E-state index contributed by atoms with van der Waals surface area (Å²) in [7, 11) is 3.93. The largest absolute Gasteiger partial charge is 0.300 e. The highest BCUT2D eigenvalue weighted by molar-refractivity contribution is 7.99. The third-order valence-corrected chi connectivity index (χ3v) is 5.85. The van der Waals surface area contributed by atoms with Crippen molar-refractivity contribution in [3.05, 3.63) is 70.8 Å². The molecule has 0 fully saturated rings. The number of nitrogens with zero attached hydrogens (tertiary/aromatic N) is 4. The lowest BCUT2D eigenvalue weighted by Crippen LogP contribution is -2.20. The molecule has 0 saturated heterocycles. The van der Waals surface area contributed by atoms with Crippen molar-refractivity contribution in [3.8, 4) is 5.69 Å². The molecule has 1 aromatic heterocycles. The van der Waals surface area contributed by atoms with Gasteiger partial charge in [0.05, 0.1) is 11.8 Å². The first-order chi connectivity index (χ1) is 13.8. The van der Waals surface area contributed by atoms with Gasteiger partial charge in [-0.15, -0.1) is 10.2 Å². The minimum atomic E-state index is -0.302. The van der Waals surface area contributed by atoms with Gasteiger partial charge < -0.3 is 0 Å². The number of aromatic nitrogens is 3. The van der Waals surface area contributed by atoms with E-state index >= 15 is 0 Å². The van der Waals surface area contributed by atoms with Crippen LogP contribution in [0.3, 0.4) is 0 Å². The lowest BCUT2D eigenvalue weighted by atomic mass is 10.0. The van der Waals surface area contributed by atoms with Gasteiger partial charge in [0.1, 0.15) is 5.82 Å². The molecule has 3 rings (SSSR count). The van der Waals surface area contributed by atoms with Crippen LogP contribution in [-0.4, -0.2) is 45.3 Å². The van der Waals surface area contributed by atoms with Crippen LogP contribution >= 0.6 is 11.8 Å². The summed E-state index contributed by atoms with van der Waals surface area (Å²) < 4.78 is 15.3. The summed E-state index contributed by atoms with van der Waals surface area (Å²) in [6, 6.07) is 12.1. The van der Waals surface area contributed by atoms with Crippen LogP contribution in [-0.2, 0) is 0 Å². The van der Waals surface area contributed by atoms with E-state index in [1.54, 1.807) is 12.1 Å². The fourth-order valence-corrected chi connectivity index (χ4v) is 3.80. The van der Waals surface area contributed by atoms with E-state index in [-0.39, 0.29) is 23.4 Å². The highest BCUT2D eigenvalue weighted by Gasteiger charge is 2.22. The molecule has 0 aliphatic rings. The molecule has 29 heavy (non-hydrogen) atoms. The van der Waals surface area contributed by atoms with Gasteiger partial charge in [-0.25, -0.2) is 4.39 Å². The van der Waals surface area contributed by atoms with Crippen molar-refractivity contribution in [2.24, 2.45) is 0 Å². The van der Waals surface area contributed by atoms with Crippen LogP contribution in [0.4, 0.5) is 4.39 Å². The van der Waals surface area contributed by atoms with Crippen LogP contribution < -0.4 is 0 Å². The van der Waals surface area contributed by atoms with Crippen molar-refractivity contribution >= 4 is 17.5 Å². The highest BCUT2D eigenvalue weighted by Crippen LogP contribution is 2.27. The first kappa shape index (κ1) is 21.2. The lowest BCUT2D eigenvalue weighted by molar-refractivity contribution is 0.102. The number of carbonyl (C=O) groups excluding carboxylic acids is 1. The smallest absolute Gasteiger partial charge is 0.196 e. The fraction of sp³-hybridized carbons (Fsp3) is 0.318. The maximum absolute atomic E-state index is 13.4. The SMILES string of the molecule is Cc1ccc(C)c(C(=O)CSc2nnc([C@@H](C)N(C)C)n2-c2ccc(F)cc2)c1. The van der Waals surface area contributed by atoms with Crippen LogP contribution in [0.5, 0.6) is 0 Å². The maximum Gasteiger partial charge on any atom is 0.196 e. The molecule has 0 saturated carbocycles. The minimum absolute atomic E-state index is 0.00313. The van der Waals surface area contributed by atoms with Gasteiger partial charge in [-0.3, -0.25) is 14.3 Å². The Labute approximate surface area is 175 Å². The van der Waals surface area contributed by atoms with Gasteiger partial charge in [0.25, 0.3) is 0 Å². The Morgan fingerprint density at radius 2 is 1.83 bits per heavy atom. The summed E-state index contributed by atoms with van der Waals surface area (Å²) in [5.74, 6) is 0.735. The lowest BCUT2D eigenvalue weighted by Gasteiger charge is -2.20. The van der Waals surface area contributed by atoms with Gasteiger partial charge in [-0.2, -0.15) is 0 Å². The Balaban J connectivity index is 1.92. The molecule has 0 bridgehead atoms. The van der Waals surface area contributed by atoms with Crippen molar-refractivity contribution in [1.29, 1.82) is 0 Å². The number of ketones is 1. The zero-order valence-corrected chi connectivity index (χ0v) is 18.1. The zero-order valence-electron chi connectivity index (χ0n) is 17.3. The monoisotopic (exact) mass is 412 g/mol. The van der Waals surface area contributed by atoms with Gasteiger partial charge in [0, 0.05) is 11.3 Å². The van der Waals surface area contributed by atoms with Crippen molar-refractivity contribution in [1.82, 2.24) is 19.7 Å². The predicted molar refractivity (Wildman–Crippen MR) is 114 cm³/mol. The Hall–Kier alpha value is -2.51. The second-order valence-corrected chi connectivity index (χ2v) is 8.26. The summed E-state index contributed by atoms with van der Waals surface area (Å²) >= 11 is 1.34. The summed E-state index contributed by atoms with van der Waals surface area (Å²) in [4.78, 5) is 14.8. The summed E-state index contributed by atoms with van der Waals surface area (Å²) in [5.41, 5.74) is 3.51. The maximum atomic E-state index is 13.4. The molecule has 152 valence electrons. The fourth-order valence-electron chi connectivity index (χ4n) is 2.95. The van der Waals surface area contributed by atoms with Gasteiger partial charge >= 0.3 is 0 Å². The van der Waals surface area contributed by atoms with E-state index in [2.05, 4.69) is 10.2 Å². The van der Waals surface area contributed by atoms with Crippen LogP contribution in [0, 0.1) is 19.7 Å². The first-order valence-corrected chi connectivity index (χ1v) is 10.4. The van der Waals surface area contributed by atoms with Crippen molar-refractivity contribution in [2.45, 2.75) is 32.0 Å². The quantitative estimate of drug-likeness (QED) is 0.419.